The van der Waals surface area contributed by atoms with Crippen LogP contribution in [0.25, 0.3) is 0 Å². The van der Waals surface area contributed by atoms with Gasteiger partial charge in [0.05, 0.1) is 6.54 Å². The number of nitrogens with one attached hydrogen (secondary N) is 3. The molecule has 2 heterocycles. The number of hydrogen-bond acceptors (Lipinski definition) is 4. The Balaban J connectivity index is 1.56. The number of hydrogen-bond donors (Lipinski definition) is 3. The van der Waals surface area contributed by atoms with E-state index in [1.807, 2.05) is 43.0 Å². The molecule has 30 heavy (non-hydrogen) atoms. The minimum atomic E-state index is -0.346. The molecule has 0 saturated carbocycles. The minimum absolute atomic E-state index is 0.0874. The molecule has 0 aliphatic carbocycles. The van der Waals surface area contributed by atoms with Crippen molar-refractivity contribution in [1.29, 1.82) is 0 Å². The smallest absolute Gasteiger partial charge is 0.253 e. The molecular formula is C22H33N5O3. The van der Waals surface area contributed by atoms with Crippen molar-refractivity contribution in [3.8, 4) is 0 Å². The summed E-state index contributed by atoms with van der Waals surface area (Å²) in [5.41, 5.74) is 1.76. The van der Waals surface area contributed by atoms with Crippen molar-refractivity contribution >= 4 is 23.5 Å². The molecule has 2 unspecified atom stereocenters. The lowest BCUT2D eigenvalue weighted by Crippen LogP contribution is -2.45. The molecule has 2 aliphatic heterocycles. The van der Waals surface area contributed by atoms with Gasteiger partial charge in [0.1, 0.15) is 6.10 Å². The minimum Gasteiger partial charge on any atom is -0.368 e. The number of rotatable bonds is 7. The fourth-order valence-corrected chi connectivity index (χ4v) is 3.77. The van der Waals surface area contributed by atoms with Crippen LogP contribution in [0.4, 0.5) is 5.69 Å². The standard InChI is InChI=1S/C22H33N5O3/c1-3-20(28)27-11-10-18(15-27)26-22(23-4-2)24-14-16-7-5-8-17(13-16)25-21(29)19-9-6-12-30-19/h5,7-8,13,18-19H,3-4,6,9-12,14-15H2,1-2H3,(H,25,29)(H2,23,24,26). The number of aliphatic imine (C=N–C) groups is 1. The van der Waals surface area contributed by atoms with Crippen molar-refractivity contribution in [2.45, 2.75) is 58.2 Å². The van der Waals surface area contributed by atoms with Gasteiger partial charge < -0.3 is 25.6 Å². The second-order valence-electron chi connectivity index (χ2n) is 7.71. The van der Waals surface area contributed by atoms with Gasteiger partial charge in [0.2, 0.25) is 5.91 Å². The molecule has 0 bridgehead atoms. The normalized spacial score (nSPS) is 21.5. The molecule has 1 aromatic rings. The van der Waals surface area contributed by atoms with Gasteiger partial charge in [-0.1, -0.05) is 19.1 Å². The fourth-order valence-electron chi connectivity index (χ4n) is 3.77. The number of amides is 2. The number of carbonyl (C=O) groups excluding carboxylic acids is 2. The first kappa shape index (κ1) is 22.1. The highest BCUT2D eigenvalue weighted by molar-refractivity contribution is 5.94. The lowest BCUT2D eigenvalue weighted by atomic mass is 10.2. The molecule has 0 spiro atoms. The quantitative estimate of drug-likeness (QED) is 0.467. The van der Waals surface area contributed by atoms with Gasteiger partial charge in [-0.15, -0.1) is 0 Å². The van der Waals surface area contributed by atoms with Crippen LogP contribution < -0.4 is 16.0 Å². The van der Waals surface area contributed by atoms with Gasteiger partial charge in [-0.25, -0.2) is 4.99 Å². The van der Waals surface area contributed by atoms with Crippen molar-refractivity contribution in [2.75, 3.05) is 31.6 Å². The van der Waals surface area contributed by atoms with E-state index in [4.69, 9.17) is 4.74 Å². The SMILES string of the molecule is CCNC(=NCc1cccc(NC(=O)C2CCCO2)c1)NC1CCN(C(=O)CC)C1. The molecular weight excluding hydrogens is 382 g/mol. The zero-order valence-corrected chi connectivity index (χ0v) is 17.9. The highest BCUT2D eigenvalue weighted by atomic mass is 16.5. The number of benzene rings is 1. The third-order valence-electron chi connectivity index (χ3n) is 5.36. The maximum atomic E-state index is 12.3. The van der Waals surface area contributed by atoms with Crippen LogP contribution in [0.1, 0.15) is 45.1 Å². The Morgan fingerprint density at radius 3 is 2.87 bits per heavy atom. The third-order valence-corrected chi connectivity index (χ3v) is 5.36. The van der Waals surface area contributed by atoms with E-state index >= 15 is 0 Å². The third kappa shape index (κ3) is 6.19. The second-order valence-corrected chi connectivity index (χ2v) is 7.71. The molecule has 0 aromatic heterocycles. The predicted octanol–water partition coefficient (Wildman–Crippen LogP) is 1.87. The van der Waals surface area contributed by atoms with Gasteiger partial charge in [-0.2, -0.15) is 0 Å². The molecule has 8 heteroatoms. The summed E-state index contributed by atoms with van der Waals surface area (Å²) in [5.74, 6) is 0.848. The van der Waals surface area contributed by atoms with E-state index in [-0.39, 0.29) is 24.0 Å². The van der Waals surface area contributed by atoms with Crippen molar-refractivity contribution < 1.29 is 14.3 Å². The van der Waals surface area contributed by atoms with Crippen LogP contribution >= 0.6 is 0 Å². The summed E-state index contributed by atoms with van der Waals surface area (Å²) in [6.45, 7) is 7.32. The van der Waals surface area contributed by atoms with Crippen molar-refractivity contribution in [2.24, 2.45) is 4.99 Å². The van der Waals surface area contributed by atoms with Gasteiger partial charge in [0.15, 0.2) is 5.96 Å². The molecule has 1 aromatic carbocycles. The molecule has 2 fully saturated rings. The van der Waals surface area contributed by atoms with E-state index in [0.29, 0.717) is 26.1 Å². The maximum Gasteiger partial charge on any atom is 0.253 e. The Bertz CT molecular complexity index is 761. The van der Waals surface area contributed by atoms with E-state index in [0.717, 1.165) is 49.6 Å². The lowest BCUT2D eigenvalue weighted by Gasteiger charge is -2.18. The Morgan fingerprint density at radius 2 is 2.13 bits per heavy atom. The molecule has 2 amide bonds. The van der Waals surface area contributed by atoms with Gasteiger partial charge in [-0.05, 0) is 43.9 Å². The first-order valence-corrected chi connectivity index (χ1v) is 10.9. The second kappa shape index (κ2) is 11.0. The Hall–Kier alpha value is -2.61. The Labute approximate surface area is 178 Å². The summed E-state index contributed by atoms with van der Waals surface area (Å²) >= 11 is 0. The van der Waals surface area contributed by atoms with E-state index in [9.17, 15) is 9.59 Å². The summed E-state index contributed by atoms with van der Waals surface area (Å²) < 4.78 is 5.44. The molecule has 2 saturated heterocycles. The summed E-state index contributed by atoms with van der Waals surface area (Å²) in [7, 11) is 0. The van der Waals surface area contributed by atoms with E-state index in [1.54, 1.807) is 0 Å². The Morgan fingerprint density at radius 1 is 1.27 bits per heavy atom. The maximum absolute atomic E-state index is 12.3. The van der Waals surface area contributed by atoms with Gasteiger partial charge in [0, 0.05) is 44.4 Å². The molecule has 2 atom stereocenters. The number of likely N-dealkylation sites (tertiary alicyclic amines) is 1. The number of guanidine groups is 1. The van der Waals surface area contributed by atoms with Crippen molar-refractivity contribution in [3.05, 3.63) is 29.8 Å². The van der Waals surface area contributed by atoms with Crippen LogP contribution in [0, 0.1) is 0 Å². The monoisotopic (exact) mass is 415 g/mol. The summed E-state index contributed by atoms with van der Waals surface area (Å²) in [5, 5.41) is 9.65. The number of nitrogens with zero attached hydrogens (tertiary/aromatic N) is 2. The lowest BCUT2D eigenvalue weighted by molar-refractivity contribution is -0.129. The van der Waals surface area contributed by atoms with Crippen LogP contribution in [-0.2, 0) is 20.9 Å². The molecule has 8 nitrogen and oxygen atoms in total. The average molecular weight is 416 g/mol. The van der Waals surface area contributed by atoms with Gasteiger partial charge >= 0.3 is 0 Å². The average Bonchev–Trinajstić information content (AvgIpc) is 3.44. The van der Waals surface area contributed by atoms with Crippen molar-refractivity contribution in [1.82, 2.24) is 15.5 Å². The summed E-state index contributed by atoms with van der Waals surface area (Å²) in [6.07, 6.45) is 2.82. The highest BCUT2D eigenvalue weighted by Gasteiger charge is 2.26. The topological polar surface area (TPSA) is 95.1 Å². The largest absolute Gasteiger partial charge is 0.368 e. The zero-order chi connectivity index (χ0) is 21.3. The fraction of sp³-hybridized carbons (Fsp3) is 0.591. The van der Waals surface area contributed by atoms with Gasteiger partial charge in [0.25, 0.3) is 5.91 Å². The molecule has 2 aliphatic rings. The molecule has 3 rings (SSSR count). The molecule has 164 valence electrons. The van der Waals surface area contributed by atoms with E-state index in [1.165, 1.54) is 0 Å². The van der Waals surface area contributed by atoms with Gasteiger partial charge in [-0.3, -0.25) is 9.59 Å². The van der Waals surface area contributed by atoms with Crippen LogP contribution in [-0.4, -0.2) is 61.1 Å². The number of carbonyl (C=O) groups is 2. The van der Waals surface area contributed by atoms with E-state index < -0.39 is 0 Å². The predicted molar refractivity (Wildman–Crippen MR) is 117 cm³/mol. The first-order valence-electron chi connectivity index (χ1n) is 10.9. The number of ether oxygens (including phenoxy) is 1. The molecule has 3 N–H and O–H groups in total. The Kier molecular flexibility index (Phi) is 8.07. The highest BCUT2D eigenvalue weighted by Crippen LogP contribution is 2.17. The van der Waals surface area contributed by atoms with Crippen LogP contribution in [0.2, 0.25) is 0 Å². The van der Waals surface area contributed by atoms with E-state index in [2.05, 4.69) is 20.9 Å². The van der Waals surface area contributed by atoms with Crippen LogP contribution in [0.5, 0.6) is 0 Å². The van der Waals surface area contributed by atoms with Crippen LogP contribution in [0.15, 0.2) is 29.3 Å². The summed E-state index contributed by atoms with van der Waals surface area (Å²) in [4.78, 5) is 30.7. The molecule has 0 radical (unpaired) electrons. The summed E-state index contributed by atoms with van der Waals surface area (Å²) in [6, 6.07) is 7.93. The van der Waals surface area contributed by atoms with Crippen LogP contribution in [0.3, 0.4) is 0 Å². The zero-order valence-electron chi connectivity index (χ0n) is 17.9. The van der Waals surface area contributed by atoms with Crippen molar-refractivity contribution in [3.63, 3.8) is 0 Å². The first-order chi connectivity index (χ1) is 14.6. The number of anilines is 1.